The Morgan fingerprint density at radius 1 is 1.00 bits per heavy atom. The van der Waals surface area contributed by atoms with Crippen LogP contribution in [0.25, 0.3) is 16.8 Å². The highest BCUT2D eigenvalue weighted by molar-refractivity contribution is 6.01. The summed E-state index contributed by atoms with van der Waals surface area (Å²) in [5.41, 5.74) is 4.42. The highest BCUT2D eigenvalue weighted by atomic mass is 16.1. The van der Waals surface area contributed by atoms with Gasteiger partial charge in [-0.05, 0) is 42.3 Å². The van der Waals surface area contributed by atoms with Crippen LogP contribution in [0.2, 0.25) is 0 Å². The number of nitrogens with one attached hydrogen (secondary N) is 1. The van der Waals surface area contributed by atoms with Gasteiger partial charge in [0.1, 0.15) is 12.7 Å². The standard InChI is InChI=1S/C24H19N5O/c1-17(18-10-12-20(13-11-18)29-16-26-15-27-29)28-24(30)23-9-5-4-8-22(23)21-7-3-2-6-19(21)14-25/h2-13,15-17H,1H3,(H,28,30). The Bertz CT molecular complexity index is 1210. The van der Waals surface area contributed by atoms with Gasteiger partial charge >= 0.3 is 0 Å². The first-order valence-corrected chi connectivity index (χ1v) is 9.51. The smallest absolute Gasteiger partial charge is 0.252 e. The quantitative estimate of drug-likeness (QED) is 0.548. The van der Waals surface area contributed by atoms with E-state index in [2.05, 4.69) is 21.5 Å². The van der Waals surface area contributed by atoms with Gasteiger partial charge in [-0.25, -0.2) is 9.67 Å². The molecule has 1 amide bonds. The molecule has 30 heavy (non-hydrogen) atoms. The molecule has 0 saturated heterocycles. The van der Waals surface area contributed by atoms with Gasteiger partial charge in [0.15, 0.2) is 0 Å². The van der Waals surface area contributed by atoms with E-state index in [0.717, 1.165) is 22.4 Å². The van der Waals surface area contributed by atoms with Gasteiger partial charge in [0.2, 0.25) is 0 Å². The number of aromatic nitrogens is 3. The topological polar surface area (TPSA) is 83.6 Å². The lowest BCUT2D eigenvalue weighted by Crippen LogP contribution is -2.27. The summed E-state index contributed by atoms with van der Waals surface area (Å²) in [6.07, 6.45) is 3.12. The number of rotatable bonds is 5. The zero-order valence-corrected chi connectivity index (χ0v) is 16.4. The molecule has 0 radical (unpaired) electrons. The molecule has 1 heterocycles. The fraction of sp³-hybridized carbons (Fsp3) is 0.0833. The van der Waals surface area contributed by atoms with E-state index in [1.807, 2.05) is 67.6 Å². The largest absolute Gasteiger partial charge is 0.345 e. The molecule has 4 rings (SSSR count). The monoisotopic (exact) mass is 393 g/mol. The number of hydrogen-bond acceptors (Lipinski definition) is 4. The number of nitrogens with zero attached hydrogens (tertiary/aromatic N) is 4. The third-order valence-electron chi connectivity index (χ3n) is 4.93. The molecule has 0 aliphatic heterocycles. The highest BCUT2D eigenvalue weighted by Gasteiger charge is 2.17. The van der Waals surface area contributed by atoms with Crippen molar-refractivity contribution in [3.05, 3.63) is 102 Å². The first-order valence-electron chi connectivity index (χ1n) is 9.51. The molecule has 0 aliphatic rings. The summed E-state index contributed by atoms with van der Waals surface area (Å²) in [6.45, 7) is 1.94. The van der Waals surface area contributed by atoms with Gasteiger partial charge in [0.25, 0.3) is 5.91 Å². The summed E-state index contributed by atoms with van der Waals surface area (Å²) in [5, 5.41) is 16.6. The van der Waals surface area contributed by atoms with E-state index in [9.17, 15) is 10.1 Å². The zero-order valence-electron chi connectivity index (χ0n) is 16.4. The molecule has 6 nitrogen and oxygen atoms in total. The van der Waals surface area contributed by atoms with Crippen LogP contribution in [0.3, 0.4) is 0 Å². The van der Waals surface area contributed by atoms with Gasteiger partial charge in [-0.15, -0.1) is 0 Å². The van der Waals surface area contributed by atoms with Crippen LogP contribution in [0.1, 0.15) is 34.5 Å². The Labute approximate surface area is 174 Å². The van der Waals surface area contributed by atoms with Crippen LogP contribution < -0.4 is 5.32 Å². The average Bonchev–Trinajstić information content (AvgIpc) is 3.34. The summed E-state index contributed by atoms with van der Waals surface area (Å²) >= 11 is 0. The summed E-state index contributed by atoms with van der Waals surface area (Å²) in [7, 11) is 0. The normalized spacial score (nSPS) is 11.5. The van der Waals surface area contributed by atoms with Crippen molar-refractivity contribution in [3.63, 3.8) is 0 Å². The first kappa shape index (κ1) is 19.1. The molecule has 6 heteroatoms. The van der Waals surface area contributed by atoms with Gasteiger partial charge in [0.05, 0.1) is 23.4 Å². The van der Waals surface area contributed by atoms with Crippen molar-refractivity contribution in [3.8, 4) is 22.9 Å². The molecule has 1 unspecified atom stereocenters. The number of nitriles is 1. The molecule has 1 N–H and O–H groups in total. The van der Waals surface area contributed by atoms with Gasteiger partial charge in [0, 0.05) is 11.1 Å². The van der Waals surface area contributed by atoms with Gasteiger partial charge in [-0.2, -0.15) is 10.4 Å². The Morgan fingerprint density at radius 3 is 2.40 bits per heavy atom. The van der Waals surface area contributed by atoms with E-state index in [4.69, 9.17) is 0 Å². The molecule has 0 bridgehead atoms. The molecule has 0 fully saturated rings. The number of carbonyl (C=O) groups excluding carboxylic acids is 1. The lowest BCUT2D eigenvalue weighted by Gasteiger charge is -2.17. The number of carbonyl (C=O) groups is 1. The number of amides is 1. The third-order valence-corrected chi connectivity index (χ3v) is 4.93. The predicted molar refractivity (Wildman–Crippen MR) is 114 cm³/mol. The molecular weight excluding hydrogens is 374 g/mol. The Hall–Kier alpha value is -4.24. The lowest BCUT2D eigenvalue weighted by molar-refractivity contribution is 0.0940. The van der Waals surface area contributed by atoms with Crippen molar-refractivity contribution in [2.24, 2.45) is 0 Å². The van der Waals surface area contributed by atoms with Gasteiger partial charge < -0.3 is 5.32 Å². The van der Waals surface area contributed by atoms with Crippen LogP contribution in [-0.2, 0) is 0 Å². The highest BCUT2D eigenvalue weighted by Crippen LogP contribution is 2.27. The lowest BCUT2D eigenvalue weighted by atomic mass is 9.95. The van der Waals surface area contributed by atoms with Crippen LogP contribution in [-0.4, -0.2) is 20.7 Å². The first-order chi connectivity index (χ1) is 14.7. The molecule has 1 aromatic heterocycles. The van der Waals surface area contributed by atoms with Gasteiger partial charge in [-0.1, -0.05) is 48.5 Å². The average molecular weight is 393 g/mol. The predicted octanol–water partition coefficient (Wildman–Crippen LogP) is 4.30. The second-order valence-corrected chi connectivity index (χ2v) is 6.83. The maximum Gasteiger partial charge on any atom is 0.252 e. The molecule has 1 atom stereocenters. The minimum Gasteiger partial charge on any atom is -0.345 e. The molecular formula is C24H19N5O. The van der Waals surface area contributed by atoms with Crippen molar-refractivity contribution in [2.45, 2.75) is 13.0 Å². The molecule has 0 saturated carbocycles. The number of hydrogen-bond donors (Lipinski definition) is 1. The Kier molecular flexibility index (Phi) is 5.35. The van der Waals surface area contributed by atoms with Crippen molar-refractivity contribution in [2.75, 3.05) is 0 Å². The minimum absolute atomic E-state index is 0.189. The van der Waals surface area contributed by atoms with Crippen LogP contribution in [0.15, 0.2) is 85.5 Å². The van der Waals surface area contributed by atoms with E-state index in [0.29, 0.717) is 11.1 Å². The maximum atomic E-state index is 13.1. The third kappa shape index (κ3) is 3.82. The van der Waals surface area contributed by atoms with Crippen LogP contribution in [0.4, 0.5) is 0 Å². The van der Waals surface area contributed by atoms with Crippen LogP contribution in [0.5, 0.6) is 0 Å². The fourth-order valence-corrected chi connectivity index (χ4v) is 3.35. The Balaban J connectivity index is 1.57. The summed E-state index contributed by atoms with van der Waals surface area (Å²) in [5.74, 6) is -0.189. The van der Waals surface area contributed by atoms with Crippen LogP contribution >= 0.6 is 0 Å². The summed E-state index contributed by atoms with van der Waals surface area (Å²) in [6, 6.07) is 24.4. The van der Waals surface area contributed by atoms with E-state index in [-0.39, 0.29) is 11.9 Å². The Morgan fingerprint density at radius 2 is 1.70 bits per heavy atom. The molecule has 0 aliphatic carbocycles. The molecule has 146 valence electrons. The van der Waals surface area contributed by atoms with Crippen molar-refractivity contribution >= 4 is 5.91 Å². The fourth-order valence-electron chi connectivity index (χ4n) is 3.35. The van der Waals surface area contributed by atoms with Crippen molar-refractivity contribution in [1.29, 1.82) is 5.26 Å². The van der Waals surface area contributed by atoms with Crippen molar-refractivity contribution < 1.29 is 4.79 Å². The maximum absolute atomic E-state index is 13.1. The summed E-state index contributed by atoms with van der Waals surface area (Å²) < 4.78 is 1.68. The molecule has 3 aromatic carbocycles. The van der Waals surface area contributed by atoms with Gasteiger partial charge in [-0.3, -0.25) is 4.79 Å². The second kappa shape index (κ2) is 8.41. The number of benzene rings is 3. The molecule has 0 spiro atoms. The van der Waals surface area contributed by atoms with E-state index >= 15 is 0 Å². The van der Waals surface area contributed by atoms with E-state index < -0.39 is 0 Å². The van der Waals surface area contributed by atoms with Crippen LogP contribution in [0, 0.1) is 11.3 Å². The zero-order chi connectivity index (χ0) is 20.9. The van der Waals surface area contributed by atoms with E-state index in [1.165, 1.54) is 6.33 Å². The minimum atomic E-state index is -0.193. The second-order valence-electron chi connectivity index (χ2n) is 6.83. The summed E-state index contributed by atoms with van der Waals surface area (Å²) in [4.78, 5) is 17.0. The van der Waals surface area contributed by atoms with E-state index in [1.54, 1.807) is 23.1 Å². The SMILES string of the molecule is CC(NC(=O)c1ccccc1-c1ccccc1C#N)c1ccc(-n2cncn2)cc1. The molecule has 4 aromatic rings. The van der Waals surface area contributed by atoms with Crippen molar-refractivity contribution in [1.82, 2.24) is 20.1 Å².